The molecular formula is C6H10N2O2S2. The van der Waals surface area contributed by atoms with E-state index in [1.165, 1.54) is 17.6 Å². The Kier molecular flexibility index (Phi) is 2.39. The molecule has 1 rings (SSSR count). The molecule has 12 heavy (non-hydrogen) atoms. The Hall–Kier alpha value is -0.620. The third kappa shape index (κ3) is 1.95. The monoisotopic (exact) mass is 206 g/mol. The van der Waals surface area contributed by atoms with Crippen LogP contribution in [0.1, 0.15) is 17.2 Å². The maximum atomic E-state index is 11.1. The number of nitrogens with zero attached hydrogens (tertiary/aromatic N) is 1. The molecule has 1 aromatic rings. The summed E-state index contributed by atoms with van der Waals surface area (Å²) >= 11 is 1.27. The van der Waals surface area contributed by atoms with Crippen LogP contribution in [0, 0.1) is 0 Å². The van der Waals surface area contributed by atoms with Crippen LogP contribution in [0.4, 0.5) is 5.82 Å². The third-order valence-electron chi connectivity index (χ3n) is 1.53. The highest BCUT2D eigenvalue weighted by Crippen LogP contribution is 2.24. The Morgan fingerprint density at radius 2 is 2.25 bits per heavy atom. The molecule has 1 aromatic heterocycles. The van der Waals surface area contributed by atoms with Crippen molar-refractivity contribution >= 4 is 27.0 Å². The van der Waals surface area contributed by atoms with Gasteiger partial charge in [0.25, 0.3) is 0 Å². The number of sulfone groups is 1. The van der Waals surface area contributed by atoms with Crippen LogP contribution in [0.5, 0.6) is 0 Å². The van der Waals surface area contributed by atoms with Crippen molar-refractivity contribution in [1.29, 1.82) is 0 Å². The van der Waals surface area contributed by atoms with Crippen molar-refractivity contribution in [3.8, 4) is 0 Å². The van der Waals surface area contributed by atoms with E-state index in [9.17, 15) is 8.42 Å². The number of aromatic nitrogens is 1. The smallest absolute Gasteiger partial charge is 0.156 e. The molecule has 0 bridgehead atoms. The number of rotatable bonds is 2. The zero-order chi connectivity index (χ0) is 9.35. The maximum Gasteiger partial charge on any atom is 0.156 e. The molecule has 68 valence electrons. The van der Waals surface area contributed by atoms with Crippen molar-refractivity contribution in [2.75, 3.05) is 12.0 Å². The minimum atomic E-state index is -3.05. The van der Waals surface area contributed by atoms with Gasteiger partial charge in [-0.15, -0.1) is 11.3 Å². The second-order valence-electron chi connectivity index (χ2n) is 2.58. The molecule has 1 unspecified atom stereocenters. The molecule has 6 heteroatoms. The molecule has 1 heterocycles. The van der Waals surface area contributed by atoms with E-state index in [4.69, 9.17) is 5.73 Å². The highest BCUT2D eigenvalue weighted by atomic mass is 32.2. The minimum absolute atomic E-state index is 0.380. The Bertz CT molecular complexity index is 369. The van der Waals surface area contributed by atoms with Gasteiger partial charge in [-0.2, -0.15) is 0 Å². The van der Waals surface area contributed by atoms with Crippen LogP contribution < -0.4 is 5.73 Å². The van der Waals surface area contributed by atoms with Gasteiger partial charge in [0.15, 0.2) is 9.84 Å². The Morgan fingerprint density at radius 1 is 1.67 bits per heavy atom. The third-order valence-corrected chi connectivity index (χ3v) is 4.23. The fourth-order valence-corrected chi connectivity index (χ4v) is 2.42. The lowest BCUT2D eigenvalue weighted by atomic mass is 10.5. The first kappa shape index (κ1) is 9.47. The van der Waals surface area contributed by atoms with Gasteiger partial charge in [0.05, 0.1) is 0 Å². The van der Waals surface area contributed by atoms with Gasteiger partial charge in [-0.1, -0.05) is 0 Å². The number of hydrogen-bond acceptors (Lipinski definition) is 5. The van der Waals surface area contributed by atoms with E-state index in [-0.39, 0.29) is 0 Å². The molecule has 0 spiro atoms. The second kappa shape index (κ2) is 3.02. The minimum Gasteiger partial charge on any atom is -0.383 e. The average molecular weight is 206 g/mol. The second-order valence-corrected chi connectivity index (χ2v) is 5.84. The fourth-order valence-electron chi connectivity index (χ4n) is 0.671. The quantitative estimate of drug-likeness (QED) is 0.778. The maximum absolute atomic E-state index is 11.1. The van der Waals surface area contributed by atoms with Gasteiger partial charge in [-0.3, -0.25) is 0 Å². The highest BCUT2D eigenvalue weighted by molar-refractivity contribution is 7.91. The van der Waals surface area contributed by atoms with Gasteiger partial charge in [0.1, 0.15) is 16.1 Å². The molecular weight excluding hydrogens is 196 g/mol. The van der Waals surface area contributed by atoms with E-state index in [0.717, 1.165) is 0 Å². The van der Waals surface area contributed by atoms with Gasteiger partial charge in [0.2, 0.25) is 0 Å². The number of anilines is 1. The molecule has 4 nitrogen and oxygen atoms in total. The lowest BCUT2D eigenvalue weighted by molar-refractivity contribution is 0.592. The zero-order valence-electron chi connectivity index (χ0n) is 6.81. The molecule has 0 fully saturated rings. The van der Waals surface area contributed by atoms with E-state index in [0.29, 0.717) is 10.8 Å². The van der Waals surface area contributed by atoms with E-state index in [2.05, 4.69) is 4.98 Å². The number of nitrogens with two attached hydrogens (primary N) is 1. The topological polar surface area (TPSA) is 73.0 Å². The Labute approximate surface area is 75.4 Å². The van der Waals surface area contributed by atoms with Crippen molar-refractivity contribution < 1.29 is 8.42 Å². The summed E-state index contributed by atoms with van der Waals surface area (Å²) in [6.45, 7) is 1.60. The van der Waals surface area contributed by atoms with Gasteiger partial charge in [-0.25, -0.2) is 13.4 Å². The molecule has 0 amide bonds. The molecule has 1 atom stereocenters. The van der Waals surface area contributed by atoms with Gasteiger partial charge in [0, 0.05) is 11.6 Å². The number of nitrogen functional groups attached to an aromatic ring is 1. The molecule has 0 aliphatic rings. The standard InChI is InChI=1S/C6H10N2O2S2/c1-4(12(2,9)10)6-8-5(7)3-11-6/h3-4H,7H2,1-2H3. The van der Waals surface area contributed by atoms with Crippen LogP contribution in [0.3, 0.4) is 0 Å². The summed E-state index contributed by atoms with van der Waals surface area (Å²) in [5.41, 5.74) is 5.36. The van der Waals surface area contributed by atoms with Crippen LogP contribution in [-0.4, -0.2) is 19.7 Å². The van der Waals surface area contributed by atoms with Crippen molar-refractivity contribution in [2.24, 2.45) is 0 Å². The van der Waals surface area contributed by atoms with Crippen molar-refractivity contribution in [3.63, 3.8) is 0 Å². The summed E-state index contributed by atoms with van der Waals surface area (Å²) in [6, 6.07) is 0. The summed E-state index contributed by atoms with van der Waals surface area (Å²) < 4.78 is 22.1. The number of hydrogen-bond donors (Lipinski definition) is 1. The predicted octanol–water partition coefficient (Wildman–Crippen LogP) is 0.831. The summed E-state index contributed by atoms with van der Waals surface area (Å²) in [4.78, 5) is 3.89. The highest BCUT2D eigenvalue weighted by Gasteiger charge is 2.19. The molecule has 0 saturated carbocycles. The van der Waals surface area contributed by atoms with Gasteiger partial charge < -0.3 is 5.73 Å². The Balaban J connectivity index is 3.01. The summed E-state index contributed by atoms with van der Waals surface area (Å²) in [7, 11) is -3.05. The molecule has 0 aliphatic carbocycles. The SMILES string of the molecule is CC(c1nc(N)cs1)S(C)(=O)=O. The van der Waals surface area contributed by atoms with Gasteiger partial charge >= 0.3 is 0 Å². The normalized spacial score (nSPS) is 14.5. The van der Waals surface area contributed by atoms with E-state index >= 15 is 0 Å². The number of thiazole rings is 1. The van der Waals surface area contributed by atoms with Crippen LogP contribution in [0.25, 0.3) is 0 Å². The first-order valence-electron chi connectivity index (χ1n) is 3.31. The first-order chi connectivity index (χ1) is 5.41. The first-order valence-corrected chi connectivity index (χ1v) is 6.14. The lowest BCUT2D eigenvalue weighted by Gasteiger charge is -2.03. The van der Waals surface area contributed by atoms with Crippen LogP contribution in [-0.2, 0) is 9.84 Å². The van der Waals surface area contributed by atoms with Crippen molar-refractivity contribution in [1.82, 2.24) is 4.98 Å². The molecule has 0 radical (unpaired) electrons. The Morgan fingerprint density at radius 3 is 2.58 bits per heavy atom. The molecule has 0 aromatic carbocycles. The van der Waals surface area contributed by atoms with Crippen LogP contribution in [0.2, 0.25) is 0 Å². The van der Waals surface area contributed by atoms with Crippen molar-refractivity contribution in [3.05, 3.63) is 10.4 Å². The molecule has 0 saturated heterocycles. The molecule has 2 N–H and O–H groups in total. The summed E-state index contributed by atoms with van der Waals surface area (Å²) in [5.74, 6) is 0.380. The fraction of sp³-hybridized carbons (Fsp3) is 0.500. The largest absolute Gasteiger partial charge is 0.383 e. The van der Waals surface area contributed by atoms with E-state index in [1.807, 2.05) is 0 Å². The van der Waals surface area contributed by atoms with E-state index < -0.39 is 15.1 Å². The van der Waals surface area contributed by atoms with Crippen LogP contribution in [0.15, 0.2) is 5.38 Å². The average Bonchev–Trinajstić information content (AvgIpc) is 2.32. The van der Waals surface area contributed by atoms with Crippen molar-refractivity contribution in [2.45, 2.75) is 12.2 Å². The zero-order valence-corrected chi connectivity index (χ0v) is 8.45. The predicted molar refractivity (Wildman–Crippen MR) is 49.8 cm³/mol. The van der Waals surface area contributed by atoms with Crippen LogP contribution >= 0.6 is 11.3 Å². The van der Waals surface area contributed by atoms with Gasteiger partial charge in [-0.05, 0) is 6.92 Å². The lowest BCUT2D eigenvalue weighted by Crippen LogP contribution is -2.07. The molecule has 0 aliphatic heterocycles. The van der Waals surface area contributed by atoms with E-state index in [1.54, 1.807) is 12.3 Å². The summed E-state index contributed by atoms with van der Waals surface area (Å²) in [6.07, 6.45) is 1.19. The summed E-state index contributed by atoms with van der Waals surface area (Å²) in [5, 5.41) is 1.63.